The van der Waals surface area contributed by atoms with Gasteiger partial charge in [0.1, 0.15) is 5.75 Å². The van der Waals surface area contributed by atoms with Gasteiger partial charge in [-0.1, -0.05) is 41.6 Å². The maximum Gasteiger partial charge on any atom is 0.247 e. The van der Waals surface area contributed by atoms with Gasteiger partial charge in [0, 0.05) is 16.8 Å². The number of aromatic hydroxyl groups is 1. The Balaban J connectivity index is 1.85. The van der Waals surface area contributed by atoms with Crippen LogP contribution in [-0.2, 0) is 0 Å². The Kier molecular flexibility index (Phi) is 4.10. The number of fused-ring (bicyclic) bond motifs is 3. The van der Waals surface area contributed by atoms with Crippen molar-refractivity contribution < 1.29 is 9.84 Å². The quantitative estimate of drug-likeness (QED) is 0.655. The summed E-state index contributed by atoms with van der Waals surface area (Å²) < 4.78 is 6.08. The summed E-state index contributed by atoms with van der Waals surface area (Å²) in [7, 11) is 0. The summed E-state index contributed by atoms with van der Waals surface area (Å²) in [5, 5.41) is 22.2. The number of anilines is 1. The van der Waals surface area contributed by atoms with Crippen LogP contribution in [0.25, 0.3) is 11.3 Å². The third-order valence-electron chi connectivity index (χ3n) is 3.79. The number of rotatable bonds is 2. The summed E-state index contributed by atoms with van der Waals surface area (Å²) in [5.74, 6) is 0.416. The first-order valence-corrected chi connectivity index (χ1v) is 9.05. The number of benzene rings is 2. The molecular formula is C17H13ClN4O2S. The zero-order valence-electron chi connectivity index (χ0n) is 13.1. The molecule has 2 N–H and O–H groups in total. The first-order chi connectivity index (χ1) is 12.2. The Morgan fingerprint density at radius 3 is 2.84 bits per heavy atom. The minimum Gasteiger partial charge on any atom is -0.506 e. The highest BCUT2D eigenvalue weighted by Gasteiger charge is 2.26. The van der Waals surface area contributed by atoms with Gasteiger partial charge < -0.3 is 15.2 Å². The van der Waals surface area contributed by atoms with Crippen LogP contribution in [0.3, 0.4) is 0 Å². The van der Waals surface area contributed by atoms with Gasteiger partial charge in [0.2, 0.25) is 11.0 Å². The van der Waals surface area contributed by atoms with E-state index in [0.717, 1.165) is 16.8 Å². The van der Waals surface area contributed by atoms with Crippen molar-refractivity contribution in [3.05, 3.63) is 53.1 Å². The number of hydrogen-bond acceptors (Lipinski definition) is 7. The Bertz CT molecular complexity index is 954. The summed E-state index contributed by atoms with van der Waals surface area (Å²) in [4.78, 5) is 4.45. The number of ether oxygens (including phenoxy) is 1. The molecule has 2 heterocycles. The molecule has 1 atom stereocenters. The van der Waals surface area contributed by atoms with Gasteiger partial charge in [-0.15, -0.1) is 10.2 Å². The fourth-order valence-electron chi connectivity index (χ4n) is 2.57. The van der Waals surface area contributed by atoms with Crippen molar-refractivity contribution >= 4 is 29.1 Å². The molecule has 0 fully saturated rings. The number of hydrogen-bond donors (Lipinski definition) is 2. The van der Waals surface area contributed by atoms with Crippen LogP contribution >= 0.6 is 23.4 Å². The highest BCUT2D eigenvalue weighted by molar-refractivity contribution is 7.98. The molecule has 0 spiro atoms. The van der Waals surface area contributed by atoms with Gasteiger partial charge in [0.15, 0.2) is 11.9 Å². The molecule has 4 rings (SSSR count). The predicted octanol–water partition coefficient (Wildman–Crippen LogP) is 4.12. The normalized spacial score (nSPS) is 15.4. The van der Waals surface area contributed by atoms with Crippen LogP contribution in [-0.4, -0.2) is 26.5 Å². The summed E-state index contributed by atoms with van der Waals surface area (Å²) in [5.41, 5.74) is 3.05. The fourth-order valence-corrected chi connectivity index (χ4v) is 3.06. The number of nitrogens with zero attached hydrogens (tertiary/aromatic N) is 3. The van der Waals surface area contributed by atoms with E-state index in [9.17, 15) is 5.11 Å². The smallest absolute Gasteiger partial charge is 0.247 e. The van der Waals surface area contributed by atoms with E-state index in [1.807, 2.05) is 30.5 Å². The third kappa shape index (κ3) is 2.96. The van der Waals surface area contributed by atoms with E-state index in [1.54, 1.807) is 12.1 Å². The standard InChI is InChI=1S/C17H13ClN4O2S/c1-25-17-20-16-14(21-22-17)10-4-2-3-5-12(10)19-15(24-16)9-6-7-13(23)11(18)8-9/h2-8,15,19,23H,1H3/t15-/m1/s1. The minimum absolute atomic E-state index is 0.0218. The molecule has 8 heteroatoms. The molecule has 3 aromatic rings. The van der Waals surface area contributed by atoms with Crippen LogP contribution < -0.4 is 10.1 Å². The number of aromatic nitrogens is 3. The van der Waals surface area contributed by atoms with E-state index in [1.165, 1.54) is 17.8 Å². The van der Waals surface area contributed by atoms with Crippen molar-refractivity contribution in [1.29, 1.82) is 0 Å². The minimum atomic E-state index is -0.535. The van der Waals surface area contributed by atoms with Gasteiger partial charge in [-0.2, -0.15) is 4.98 Å². The van der Waals surface area contributed by atoms with Crippen LogP contribution in [0.1, 0.15) is 11.8 Å². The van der Waals surface area contributed by atoms with Crippen molar-refractivity contribution in [2.45, 2.75) is 11.4 Å². The molecule has 0 saturated carbocycles. The van der Waals surface area contributed by atoms with Crippen LogP contribution in [0.15, 0.2) is 47.6 Å². The molecular weight excluding hydrogens is 360 g/mol. The van der Waals surface area contributed by atoms with Gasteiger partial charge in [0.25, 0.3) is 0 Å². The van der Waals surface area contributed by atoms with Crippen molar-refractivity contribution in [3.8, 4) is 22.9 Å². The summed E-state index contributed by atoms with van der Waals surface area (Å²) >= 11 is 7.44. The highest BCUT2D eigenvalue weighted by Crippen LogP contribution is 2.40. The average molecular weight is 373 g/mol. The SMILES string of the molecule is CSc1nnc2c(n1)O[C@H](c1ccc(O)c(Cl)c1)Nc1ccccc1-2. The molecule has 0 saturated heterocycles. The second kappa shape index (κ2) is 6.42. The maximum absolute atomic E-state index is 9.65. The van der Waals surface area contributed by atoms with Crippen LogP contribution in [0, 0.1) is 0 Å². The summed E-state index contributed by atoms with van der Waals surface area (Å²) in [6, 6.07) is 12.7. The van der Waals surface area contributed by atoms with Crippen molar-refractivity contribution in [2.24, 2.45) is 0 Å². The summed E-state index contributed by atoms with van der Waals surface area (Å²) in [6.45, 7) is 0. The molecule has 0 bridgehead atoms. The first kappa shape index (κ1) is 16.0. The van der Waals surface area contributed by atoms with Gasteiger partial charge in [-0.25, -0.2) is 0 Å². The summed E-state index contributed by atoms with van der Waals surface area (Å²) in [6.07, 6.45) is 1.34. The molecule has 0 unspecified atom stereocenters. The molecule has 0 radical (unpaired) electrons. The zero-order chi connectivity index (χ0) is 17.4. The Hall–Kier alpha value is -2.51. The van der Waals surface area contributed by atoms with E-state index < -0.39 is 6.23 Å². The van der Waals surface area contributed by atoms with Crippen molar-refractivity contribution in [2.75, 3.05) is 11.6 Å². The predicted molar refractivity (Wildman–Crippen MR) is 97.2 cm³/mol. The molecule has 0 amide bonds. The lowest BCUT2D eigenvalue weighted by Crippen LogP contribution is -2.17. The number of thioether (sulfide) groups is 1. The molecule has 1 aliphatic heterocycles. The molecule has 6 nitrogen and oxygen atoms in total. The maximum atomic E-state index is 9.65. The monoisotopic (exact) mass is 372 g/mol. The van der Waals surface area contributed by atoms with E-state index in [0.29, 0.717) is 16.7 Å². The van der Waals surface area contributed by atoms with Crippen LogP contribution in [0.2, 0.25) is 5.02 Å². The zero-order valence-corrected chi connectivity index (χ0v) is 14.7. The van der Waals surface area contributed by atoms with E-state index >= 15 is 0 Å². The Morgan fingerprint density at radius 1 is 1.20 bits per heavy atom. The van der Waals surface area contributed by atoms with Gasteiger partial charge in [-0.3, -0.25) is 0 Å². The number of phenolic OH excluding ortho intramolecular Hbond substituents is 1. The van der Waals surface area contributed by atoms with Crippen LogP contribution in [0.5, 0.6) is 11.6 Å². The molecule has 126 valence electrons. The lowest BCUT2D eigenvalue weighted by molar-refractivity contribution is 0.225. The van der Waals surface area contributed by atoms with Crippen molar-refractivity contribution in [1.82, 2.24) is 15.2 Å². The molecule has 1 aromatic heterocycles. The molecule has 25 heavy (non-hydrogen) atoms. The second-order valence-electron chi connectivity index (χ2n) is 5.35. The average Bonchev–Trinajstić information content (AvgIpc) is 2.80. The van der Waals surface area contributed by atoms with E-state index in [4.69, 9.17) is 16.3 Å². The molecule has 1 aliphatic rings. The van der Waals surface area contributed by atoms with Crippen molar-refractivity contribution in [3.63, 3.8) is 0 Å². The number of para-hydroxylation sites is 1. The third-order valence-corrected chi connectivity index (χ3v) is 4.63. The fraction of sp³-hybridized carbons (Fsp3) is 0.118. The topological polar surface area (TPSA) is 80.2 Å². The van der Waals surface area contributed by atoms with Gasteiger partial charge in [0.05, 0.1) is 5.02 Å². The number of halogens is 1. The van der Waals surface area contributed by atoms with E-state index in [-0.39, 0.29) is 10.8 Å². The number of phenols is 1. The largest absolute Gasteiger partial charge is 0.506 e. The molecule has 2 aromatic carbocycles. The van der Waals surface area contributed by atoms with Gasteiger partial charge in [-0.05, 0) is 30.5 Å². The van der Waals surface area contributed by atoms with Gasteiger partial charge >= 0.3 is 0 Å². The Morgan fingerprint density at radius 2 is 2.04 bits per heavy atom. The van der Waals surface area contributed by atoms with Crippen LogP contribution in [0.4, 0.5) is 5.69 Å². The number of nitrogens with one attached hydrogen (secondary N) is 1. The second-order valence-corrected chi connectivity index (χ2v) is 6.53. The molecule has 0 aliphatic carbocycles. The lowest BCUT2D eigenvalue weighted by Gasteiger charge is -2.19. The highest BCUT2D eigenvalue weighted by atomic mass is 35.5. The first-order valence-electron chi connectivity index (χ1n) is 7.45. The Labute approximate surface area is 153 Å². The lowest BCUT2D eigenvalue weighted by atomic mass is 10.1. The van der Waals surface area contributed by atoms with E-state index in [2.05, 4.69) is 20.5 Å².